The highest BCUT2D eigenvalue weighted by atomic mass is 35.5. The monoisotopic (exact) mass is 435 g/mol. The molecule has 0 unspecified atom stereocenters. The van der Waals surface area contributed by atoms with Crippen molar-refractivity contribution in [3.05, 3.63) is 58.1 Å². The molecular weight excluding hydrogens is 413 g/mol. The Kier molecular flexibility index (Phi) is 7.36. The van der Waals surface area contributed by atoms with Gasteiger partial charge in [-0.1, -0.05) is 35.3 Å². The number of hydrogen-bond acceptors (Lipinski definition) is 4. The van der Waals surface area contributed by atoms with Crippen LogP contribution in [-0.4, -0.2) is 61.4 Å². The predicted molar refractivity (Wildman–Crippen MR) is 115 cm³/mol. The second-order valence-corrected chi connectivity index (χ2v) is 7.64. The maximum absolute atomic E-state index is 12.8. The summed E-state index contributed by atoms with van der Waals surface area (Å²) in [6.07, 6.45) is 0.782. The van der Waals surface area contributed by atoms with Crippen molar-refractivity contribution >= 4 is 40.7 Å². The lowest BCUT2D eigenvalue weighted by molar-refractivity contribution is -0.117. The van der Waals surface area contributed by atoms with Crippen molar-refractivity contribution in [2.75, 3.05) is 45.2 Å². The number of hydrogen-bond donors (Lipinski definition) is 1. The summed E-state index contributed by atoms with van der Waals surface area (Å²) in [6, 6.07) is 12.1. The van der Waals surface area contributed by atoms with Gasteiger partial charge >= 0.3 is 0 Å². The highest BCUT2D eigenvalue weighted by molar-refractivity contribution is 6.33. The Morgan fingerprint density at radius 1 is 1.07 bits per heavy atom. The number of carbonyl (C=O) groups excluding carboxylic acids is 2. The minimum Gasteiger partial charge on any atom is -0.495 e. The van der Waals surface area contributed by atoms with Crippen molar-refractivity contribution in [3.8, 4) is 5.75 Å². The number of amides is 2. The van der Waals surface area contributed by atoms with Crippen LogP contribution in [0.15, 0.2) is 42.5 Å². The zero-order chi connectivity index (χ0) is 20.8. The van der Waals surface area contributed by atoms with Crippen molar-refractivity contribution in [3.63, 3.8) is 0 Å². The van der Waals surface area contributed by atoms with Gasteiger partial charge in [0.05, 0.1) is 29.9 Å². The molecular formula is C21H23Cl2N3O3. The molecule has 1 aliphatic rings. The molecule has 1 aliphatic heterocycles. The Hall–Kier alpha value is -2.28. The first kappa shape index (κ1) is 21.4. The first-order valence-electron chi connectivity index (χ1n) is 9.37. The SMILES string of the molecule is COc1ccc(Cl)cc1NC(=O)CN1CCCN(C(=O)c2ccccc2Cl)CC1. The lowest BCUT2D eigenvalue weighted by Gasteiger charge is -2.22. The van der Waals surface area contributed by atoms with Crippen molar-refractivity contribution in [1.29, 1.82) is 0 Å². The molecule has 2 amide bonds. The van der Waals surface area contributed by atoms with Crippen LogP contribution >= 0.6 is 23.2 Å². The van der Waals surface area contributed by atoms with Crippen molar-refractivity contribution < 1.29 is 14.3 Å². The number of ether oxygens (including phenoxy) is 1. The topological polar surface area (TPSA) is 61.9 Å². The third kappa shape index (κ3) is 5.63. The fourth-order valence-corrected chi connectivity index (χ4v) is 3.70. The third-order valence-electron chi connectivity index (χ3n) is 4.78. The van der Waals surface area contributed by atoms with Crippen LogP contribution in [0.25, 0.3) is 0 Å². The molecule has 154 valence electrons. The molecule has 1 heterocycles. The van der Waals surface area contributed by atoms with E-state index in [1.807, 2.05) is 4.90 Å². The number of anilines is 1. The fraction of sp³-hybridized carbons (Fsp3) is 0.333. The van der Waals surface area contributed by atoms with Gasteiger partial charge in [-0.3, -0.25) is 14.5 Å². The van der Waals surface area contributed by atoms with E-state index >= 15 is 0 Å². The highest BCUT2D eigenvalue weighted by Gasteiger charge is 2.23. The molecule has 1 fully saturated rings. The summed E-state index contributed by atoms with van der Waals surface area (Å²) in [6.45, 7) is 2.73. The Labute approximate surface area is 180 Å². The van der Waals surface area contributed by atoms with E-state index in [1.165, 1.54) is 7.11 Å². The lowest BCUT2D eigenvalue weighted by Crippen LogP contribution is -2.38. The lowest BCUT2D eigenvalue weighted by atomic mass is 10.2. The van der Waals surface area contributed by atoms with Crippen molar-refractivity contribution in [2.24, 2.45) is 0 Å². The van der Waals surface area contributed by atoms with E-state index in [4.69, 9.17) is 27.9 Å². The molecule has 0 radical (unpaired) electrons. The number of carbonyl (C=O) groups is 2. The van der Waals surface area contributed by atoms with Crippen LogP contribution in [0.4, 0.5) is 5.69 Å². The Morgan fingerprint density at radius 3 is 2.62 bits per heavy atom. The van der Waals surface area contributed by atoms with Crippen LogP contribution in [0, 0.1) is 0 Å². The zero-order valence-electron chi connectivity index (χ0n) is 16.2. The van der Waals surface area contributed by atoms with Crippen molar-refractivity contribution in [1.82, 2.24) is 9.80 Å². The first-order chi connectivity index (χ1) is 14.0. The van der Waals surface area contributed by atoms with E-state index in [-0.39, 0.29) is 18.4 Å². The minimum atomic E-state index is -0.156. The van der Waals surface area contributed by atoms with Gasteiger partial charge in [-0.05, 0) is 36.8 Å². The maximum atomic E-state index is 12.8. The van der Waals surface area contributed by atoms with Gasteiger partial charge in [0.15, 0.2) is 0 Å². The van der Waals surface area contributed by atoms with E-state index in [0.29, 0.717) is 46.7 Å². The second-order valence-electron chi connectivity index (χ2n) is 6.79. The van der Waals surface area contributed by atoms with Gasteiger partial charge in [0.1, 0.15) is 5.75 Å². The molecule has 0 aliphatic carbocycles. The number of halogens is 2. The van der Waals surface area contributed by atoms with E-state index in [0.717, 1.165) is 13.0 Å². The first-order valence-corrected chi connectivity index (χ1v) is 10.1. The molecule has 1 saturated heterocycles. The normalized spacial score (nSPS) is 14.9. The van der Waals surface area contributed by atoms with Crippen LogP contribution in [-0.2, 0) is 4.79 Å². The summed E-state index contributed by atoms with van der Waals surface area (Å²) in [4.78, 5) is 29.1. The molecule has 0 saturated carbocycles. The van der Waals surface area contributed by atoms with Gasteiger partial charge < -0.3 is 15.0 Å². The molecule has 0 spiro atoms. The number of nitrogens with one attached hydrogen (secondary N) is 1. The Morgan fingerprint density at radius 2 is 1.86 bits per heavy atom. The summed E-state index contributed by atoms with van der Waals surface area (Å²) in [5.41, 5.74) is 1.05. The van der Waals surface area contributed by atoms with Gasteiger partial charge in [-0.15, -0.1) is 0 Å². The summed E-state index contributed by atoms with van der Waals surface area (Å²) in [7, 11) is 1.54. The fourth-order valence-electron chi connectivity index (χ4n) is 3.31. The summed E-state index contributed by atoms with van der Waals surface area (Å²) < 4.78 is 5.26. The van der Waals surface area contributed by atoms with Crippen LogP contribution in [0.1, 0.15) is 16.8 Å². The van der Waals surface area contributed by atoms with Crippen LogP contribution in [0.5, 0.6) is 5.75 Å². The maximum Gasteiger partial charge on any atom is 0.255 e. The average molecular weight is 436 g/mol. The number of rotatable bonds is 5. The Balaban J connectivity index is 1.57. The molecule has 2 aromatic rings. The smallest absolute Gasteiger partial charge is 0.255 e. The van der Waals surface area contributed by atoms with E-state index < -0.39 is 0 Å². The molecule has 0 atom stereocenters. The standard InChI is InChI=1S/C21H23Cl2N3O3/c1-29-19-8-7-15(22)13-18(19)24-20(27)14-25-9-4-10-26(12-11-25)21(28)16-5-2-3-6-17(16)23/h2-3,5-8,13H,4,9-12,14H2,1H3,(H,24,27). The van der Waals surface area contributed by atoms with E-state index in [2.05, 4.69) is 5.32 Å². The van der Waals surface area contributed by atoms with Gasteiger partial charge in [0, 0.05) is 31.2 Å². The van der Waals surface area contributed by atoms with Gasteiger partial charge in [0.2, 0.25) is 5.91 Å². The van der Waals surface area contributed by atoms with Crippen molar-refractivity contribution in [2.45, 2.75) is 6.42 Å². The van der Waals surface area contributed by atoms with E-state index in [1.54, 1.807) is 47.4 Å². The summed E-state index contributed by atoms with van der Waals surface area (Å²) in [5.74, 6) is 0.317. The van der Waals surface area contributed by atoms with Crippen LogP contribution in [0.2, 0.25) is 10.0 Å². The van der Waals surface area contributed by atoms with Gasteiger partial charge in [-0.25, -0.2) is 0 Å². The largest absolute Gasteiger partial charge is 0.495 e. The van der Waals surface area contributed by atoms with Gasteiger partial charge in [-0.2, -0.15) is 0 Å². The quantitative estimate of drug-likeness (QED) is 0.775. The van der Waals surface area contributed by atoms with Crippen LogP contribution < -0.4 is 10.1 Å². The van der Waals surface area contributed by atoms with E-state index in [9.17, 15) is 9.59 Å². The molecule has 8 heteroatoms. The highest BCUT2D eigenvalue weighted by Crippen LogP contribution is 2.27. The minimum absolute atomic E-state index is 0.0782. The predicted octanol–water partition coefficient (Wildman–Crippen LogP) is 3.79. The number of methoxy groups -OCH3 is 1. The molecule has 1 N–H and O–H groups in total. The average Bonchev–Trinajstić information content (AvgIpc) is 2.93. The number of benzene rings is 2. The molecule has 3 rings (SSSR count). The summed E-state index contributed by atoms with van der Waals surface area (Å²) >= 11 is 12.2. The molecule has 2 aromatic carbocycles. The Bertz CT molecular complexity index is 891. The zero-order valence-corrected chi connectivity index (χ0v) is 17.7. The van der Waals surface area contributed by atoms with Crippen LogP contribution in [0.3, 0.4) is 0 Å². The summed E-state index contributed by atoms with van der Waals surface area (Å²) in [5, 5.41) is 3.82. The molecule has 0 aromatic heterocycles. The third-order valence-corrected chi connectivity index (χ3v) is 5.35. The van der Waals surface area contributed by atoms with Gasteiger partial charge in [0.25, 0.3) is 5.91 Å². The number of nitrogens with zero attached hydrogens (tertiary/aromatic N) is 2. The second kappa shape index (κ2) is 9.96. The molecule has 0 bridgehead atoms. The molecule has 6 nitrogen and oxygen atoms in total. The molecule has 29 heavy (non-hydrogen) atoms.